The summed E-state index contributed by atoms with van der Waals surface area (Å²) in [6, 6.07) is 7.36. The normalized spacial score (nSPS) is 18.1. The molecule has 1 aliphatic rings. The molecule has 1 aliphatic heterocycles. The Kier molecular flexibility index (Phi) is 5.31. The zero-order valence-corrected chi connectivity index (χ0v) is 13.1. The van der Waals surface area contributed by atoms with Crippen LogP contribution in [0.25, 0.3) is 0 Å². The van der Waals surface area contributed by atoms with Gasteiger partial charge >= 0.3 is 10.2 Å². The Bertz CT molecular complexity index is 540. The average molecular weight is 316 g/mol. The quantitative estimate of drug-likeness (QED) is 0.812. The number of aliphatic hydroxyl groups is 1. The third-order valence-corrected chi connectivity index (χ3v) is 5.84. The van der Waals surface area contributed by atoms with E-state index >= 15 is 0 Å². The Hall–Kier alpha value is -0.760. The van der Waals surface area contributed by atoms with Gasteiger partial charge in [-0.2, -0.15) is 12.7 Å². The molecule has 0 radical (unpaired) electrons. The molecule has 2 rings (SSSR count). The van der Waals surface area contributed by atoms with E-state index in [1.54, 1.807) is 6.07 Å². The maximum atomic E-state index is 12.4. The van der Waals surface area contributed by atoms with Crippen LogP contribution in [-0.2, 0) is 10.2 Å². The zero-order chi connectivity index (χ0) is 14.6. The molecule has 0 saturated carbocycles. The first-order valence-electron chi connectivity index (χ1n) is 6.58. The van der Waals surface area contributed by atoms with Crippen molar-refractivity contribution in [3.05, 3.63) is 24.3 Å². The first-order valence-corrected chi connectivity index (χ1v) is 9.25. The third kappa shape index (κ3) is 3.66. The van der Waals surface area contributed by atoms with Crippen LogP contribution in [0.3, 0.4) is 0 Å². The van der Waals surface area contributed by atoms with Crippen molar-refractivity contribution in [2.24, 2.45) is 5.92 Å². The van der Waals surface area contributed by atoms with Gasteiger partial charge in [0.05, 0.1) is 5.69 Å². The van der Waals surface area contributed by atoms with Gasteiger partial charge in [-0.3, -0.25) is 4.72 Å². The summed E-state index contributed by atoms with van der Waals surface area (Å²) in [5.74, 6) is 0.222. The minimum Gasteiger partial charge on any atom is -0.396 e. The van der Waals surface area contributed by atoms with Crippen LogP contribution in [0.2, 0.25) is 0 Å². The fourth-order valence-corrected chi connectivity index (χ4v) is 4.16. The summed E-state index contributed by atoms with van der Waals surface area (Å²) < 4.78 is 28.8. The molecule has 2 N–H and O–H groups in total. The molecular weight excluding hydrogens is 296 g/mol. The predicted molar refractivity (Wildman–Crippen MR) is 82.1 cm³/mol. The second-order valence-corrected chi connectivity index (χ2v) is 7.35. The molecule has 1 aromatic carbocycles. The molecule has 5 nitrogen and oxygen atoms in total. The van der Waals surface area contributed by atoms with E-state index in [0.717, 1.165) is 4.90 Å². The van der Waals surface area contributed by atoms with Crippen LogP contribution >= 0.6 is 11.8 Å². The predicted octanol–water partition coefficient (Wildman–Crippen LogP) is 1.77. The van der Waals surface area contributed by atoms with Crippen LogP contribution in [0.5, 0.6) is 0 Å². The second-order valence-electron chi connectivity index (χ2n) is 4.83. The maximum absolute atomic E-state index is 12.4. The van der Waals surface area contributed by atoms with E-state index in [-0.39, 0.29) is 12.5 Å². The summed E-state index contributed by atoms with van der Waals surface area (Å²) in [6.07, 6.45) is 3.34. The minimum atomic E-state index is -3.51. The van der Waals surface area contributed by atoms with Crippen molar-refractivity contribution in [1.82, 2.24) is 4.31 Å². The summed E-state index contributed by atoms with van der Waals surface area (Å²) in [5, 5.41) is 9.10. The largest absolute Gasteiger partial charge is 0.396 e. The fraction of sp³-hybridized carbons (Fsp3) is 0.538. The number of thioether (sulfide) groups is 1. The Balaban J connectivity index is 2.08. The van der Waals surface area contributed by atoms with Gasteiger partial charge < -0.3 is 5.11 Å². The van der Waals surface area contributed by atoms with Gasteiger partial charge in [0.2, 0.25) is 0 Å². The third-order valence-electron chi connectivity index (χ3n) is 3.52. The Morgan fingerprint density at radius 2 is 2.00 bits per heavy atom. The lowest BCUT2D eigenvalue weighted by atomic mass is 10.00. The number of nitrogens with zero attached hydrogens (tertiary/aromatic N) is 1. The number of hydrogen-bond donors (Lipinski definition) is 2. The van der Waals surface area contributed by atoms with E-state index in [9.17, 15) is 8.42 Å². The van der Waals surface area contributed by atoms with E-state index in [1.165, 1.54) is 16.1 Å². The number of rotatable bonds is 5. The van der Waals surface area contributed by atoms with Crippen molar-refractivity contribution >= 4 is 27.7 Å². The molecular formula is C13H20N2O3S2. The van der Waals surface area contributed by atoms with Gasteiger partial charge in [-0.1, -0.05) is 12.1 Å². The van der Waals surface area contributed by atoms with Gasteiger partial charge in [-0.15, -0.1) is 11.8 Å². The number of aliphatic hydroxyl groups excluding tert-OH is 1. The first kappa shape index (κ1) is 15.6. The summed E-state index contributed by atoms with van der Waals surface area (Å²) in [6.45, 7) is 1.06. The summed E-state index contributed by atoms with van der Waals surface area (Å²) in [5.41, 5.74) is 0.615. The molecule has 20 heavy (non-hydrogen) atoms. The molecule has 1 aromatic rings. The van der Waals surface area contributed by atoms with Gasteiger partial charge in [0.1, 0.15) is 0 Å². The highest BCUT2D eigenvalue weighted by molar-refractivity contribution is 7.98. The molecule has 0 atom stereocenters. The fourth-order valence-electron chi connectivity index (χ4n) is 2.26. The van der Waals surface area contributed by atoms with Crippen molar-refractivity contribution < 1.29 is 13.5 Å². The molecule has 1 saturated heterocycles. The van der Waals surface area contributed by atoms with Gasteiger partial charge in [-0.05, 0) is 37.1 Å². The Morgan fingerprint density at radius 1 is 1.35 bits per heavy atom. The smallest absolute Gasteiger partial charge is 0.301 e. The second kappa shape index (κ2) is 6.80. The topological polar surface area (TPSA) is 69.6 Å². The zero-order valence-electron chi connectivity index (χ0n) is 11.4. The van der Waals surface area contributed by atoms with Crippen molar-refractivity contribution in [2.75, 3.05) is 30.7 Å². The summed E-state index contributed by atoms with van der Waals surface area (Å²) in [4.78, 5) is 0.904. The van der Waals surface area contributed by atoms with Crippen LogP contribution in [0, 0.1) is 5.92 Å². The number of anilines is 1. The van der Waals surface area contributed by atoms with E-state index in [2.05, 4.69) is 4.72 Å². The Labute approximate surface area is 124 Å². The van der Waals surface area contributed by atoms with Crippen molar-refractivity contribution in [2.45, 2.75) is 17.7 Å². The standard InChI is InChI=1S/C13H20N2O3S2/c1-19-13-5-3-2-4-12(13)14-20(17,18)15-8-6-11(10-16)7-9-15/h2-5,11,14,16H,6-10H2,1H3. The molecule has 0 unspecified atom stereocenters. The van der Waals surface area contributed by atoms with Gasteiger partial charge in [0.15, 0.2) is 0 Å². The molecule has 7 heteroatoms. The maximum Gasteiger partial charge on any atom is 0.301 e. The lowest BCUT2D eigenvalue weighted by molar-refractivity contribution is 0.170. The van der Waals surface area contributed by atoms with Gasteiger partial charge in [-0.25, -0.2) is 0 Å². The summed E-state index contributed by atoms with van der Waals surface area (Å²) >= 11 is 1.51. The van der Waals surface area contributed by atoms with Gasteiger partial charge in [0, 0.05) is 24.6 Å². The number of piperidine rings is 1. The monoisotopic (exact) mass is 316 g/mol. The average Bonchev–Trinajstić information content (AvgIpc) is 2.47. The van der Waals surface area contributed by atoms with Crippen LogP contribution in [0.1, 0.15) is 12.8 Å². The molecule has 0 bridgehead atoms. The molecule has 1 heterocycles. The van der Waals surface area contributed by atoms with E-state index in [0.29, 0.717) is 31.6 Å². The lowest BCUT2D eigenvalue weighted by Gasteiger charge is -2.30. The highest BCUT2D eigenvalue weighted by Crippen LogP contribution is 2.27. The van der Waals surface area contributed by atoms with Crippen LogP contribution in [0.4, 0.5) is 5.69 Å². The lowest BCUT2D eigenvalue weighted by Crippen LogP contribution is -2.42. The SMILES string of the molecule is CSc1ccccc1NS(=O)(=O)N1CCC(CO)CC1. The van der Waals surface area contributed by atoms with Crippen molar-refractivity contribution in [1.29, 1.82) is 0 Å². The Morgan fingerprint density at radius 3 is 2.60 bits per heavy atom. The number of nitrogens with one attached hydrogen (secondary N) is 1. The van der Waals surface area contributed by atoms with Crippen LogP contribution < -0.4 is 4.72 Å². The number of benzene rings is 1. The minimum absolute atomic E-state index is 0.136. The van der Waals surface area contributed by atoms with E-state index in [1.807, 2.05) is 24.5 Å². The van der Waals surface area contributed by atoms with Crippen molar-refractivity contribution in [3.8, 4) is 0 Å². The van der Waals surface area contributed by atoms with Crippen LogP contribution in [-0.4, -0.2) is 43.8 Å². The van der Waals surface area contributed by atoms with E-state index in [4.69, 9.17) is 5.11 Å². The van der Waals surface area contributed by atoms with Gasteiger partial charge in [0.25, 0.3) is 0 Å². The molecule has 0 aliphatic carbocycles. The first-order chi connectivity index (χ1) is 9.56. The van der Waals surface area contributed by atoms with Crippen LogP contribution in [0.15, 0.2) is 29.2 Å². The van der Waals surface area contributed by atoms with Crippen molar-refractivity contribution in [3.63, 3.8) is 0 Å². The molecule has 0 spiro atoms. The molecule has 0 aromatic heterocycles. The number of para-hydroxylation sites is 1. The molecule has 112 valence electrons. The summed E-state index contributed by atoms with van der Waals surface area (Å²) in [7, 11) is -3.51. The molecule has 0 amide bonds. The highest BCUT2D eigenvalue weighted by atomic mass is 32.2. The number of hydrogen-bond acceptors (Lipinski definition) is 4. The highest BCUT2D eigenvalue weighted by Gasteiger charge is 2.28. The van der Waals surface area contributed by atoms with E-state index < -0.39 is 10.2 Å². The molecule has 1 fully saturated rings.